The molecule has 1 saturated heterocycles. The minimum absolute atomic E-state index is 0.0706. The van der Waals surface area contributed by atoms with Gasteiger partial charge in [0.15, 0.2) is 11.5 Å². The van der Waals surface area contributed by atoms with E-state index in [4.69, 9.17) is 9.47 Å². The lowest BCUT2D eigenvalue weighted by Gasteiger charge is -2.25. The Bertz CT molecular complexity index is 1040. The van der Waals surface area contributed by atoms with Gasteiger partial charge in [-0.05, 0) is 62.5 Å². The highest BCUT2D eigenvalue weighted by atomic mass is 32.2. The molecule has 0 spiro atoms. The molecule has 2 heterocycles. The van der Waals surface area contributed by atoms with E-state index in [2.05, 4.69) is 4.72 Å². The molecule has 0 bridgehead atoms. The number of ether oxygens (including phenoxy) is 2. The molecule has 30 heavy (non-hydrogen) atoms. The lowest BCUT2D eigenvalue weighted by atomic mass is 10.1. The van der Waals surface area contributed by atoms with Crippen molar-refractivity contribution in [3.05, 3.63) is 48.0 Å². The maximum absolute atomic E-state index is 12.8. The average Bonchev–Trinajstić information content (AvgIpc) is 3.36. The van der Waals surface area contributed by atoms with Gasteiger partial charge in [-0.2, -0.15) is 0 Å². The number of anilines is 1. The Labute approximate surface area is 176 Å². The van der Waals surface area contributed by atoms with Crippen LogP contribution in [0.25, 0.3) is 0 Å². The maximum Gasteiger partial charge on any atom is 0.240 e. The molecular weight excluding hydrogens is 406 g/mol. The Hall–Kier alpha value is -2.62. The highest BCUT2D eigenvalue weighted by molar-refractivity contribution is 7.89. The minimum Gasteiger partial charge on any atom is -0.454 e. The Balaban J connectivity index is 1.47. The molecule has 1 fully saturated rings. The second kappa shape index (κ2) is 8.25. The molecule has 9 heteroatoms. The number of carbonyl (C=O) groups excluding carboxylic acids is 1. The summed E-state index contributed by atoms with van der Waals surface area (Å²) in [5.74, 6) is 1.42. The Morgan fingerprint density at radius 1 is 1.10 bits per heavy atom. The van der Waals surface area contributed by atoms with E-state index < -0.39 is 10.0 Å². The van der Waals surface area contributed by atoms with Crippen molar-refractivity contribution in [2.75, 3.05) is 38.9 Å². The van der Waals surface area contributed by atoms with Crippen molar-refractivity contribution < 1.29 is 22.7 Å². The van der Waals surface area contributed by atoms with Crippen molar-refractivity contribution in [3.8, 4) is 11.5 Å². The first-order valence-electron chi connectivity index (χ1n) is 9.81. The van der Waals surface area contributed by atoms with Crippen LogP contribution in [0.4, 0.5) is 5.69 Å². The molecule has 0 radical (unpaired) electrons. The molecular formula is C21H25N3O5S. The van der Waals surface area contributed by atoms with Crippen molar-refractivity contribution in [2.45, 2.75) is 23.8 Å². The van der Waals surface area contributed by atoms with Crippen LogP contribution < -0.4 is 19.1 Å². The van der Waals surface area contributed by atoms with E-state index in [1.807, 2.05) is 37.2 Å². The van der Waals surface area contributed by atoms with Crippen molar-refractivity contribution >= 4 is 21.6 Å². The van der Waals surface area contributed by atoms with E-state index in [1.54, 1.807) is 17.0 Å². The average molecular weight is 432 g/mol. The van der Waals surface area contributed by atoms with Gasteiger partial charge in [0, 0.05) is 31.2 Å². The van der Waals surface area contributed by atoms with E-state index in [0.717, 1.165) is 17.7 Å². The van der Waals surface area contributed by atoms with Gasteiger partial charge in [-0.25, -0.2) is 13.1 Å². The van der Waals surface area contributed by atoms with Gasteiger partial charge in [0.1, 0.15) is 0 Å². The van der Waals surface area contributed by atoms with Gasteiger partial charge in [0.05, 0.1) is 4.90 Å². The van der Waals surface area contributed by atoms with E-state index in [0.29, 0.717) is 24.5 Å². The molecule has 0 aliphatic carbocycles. The summed E-state index contributed by atoms with van der Waals surface area (Å²) in [4.78, 5) is 15.7. The van der Waals surface area contributed by atoms with Gasteiger partial charge in [-0.3, -0.25) is 4.79 Å². The van der Waals surface area contributed by atoms with Crippen molar-refractivity contribution in [1.82, 2.24) is 9.62 Å². The number of rotatable bonds is 7. The predicted molar refractivity (Wildman–Crippen MR) is 112 cm³/mol. The van der Waals surface area contributed by atoms with Crippen molar-refractivity contribution in [2.24, 2.45) is 0 Å². The third kappa shape index (κ3) is 4.14. The summed E-state index contributed by atoms with van der Waals surface area (Å²) < 4.78 is 39.1. The second-order valence-electron chi connectivity index (χ2n) is 7.59. The number of likely N-dealkylation sites (N-methyl/N-ethyl adjacent to an activating group) is 1. The fourth-order valence-corrected chi connectivity index (χ4v) is 4.76. The van der Waals surface area contributed by atoms with E-state index in [-0.39, 0.29) is 30.2 Å². The molecule has 4 rings (SSSR count). The molecule has 8 nitrogen and oxygen atoms in total. The number of sulfonamides is 1. The number of benzene rings is 2. The molecule has 1 amide bonds. The summed E-state index contributed by atoms with van der Waals surface area (Å²) in [5.41, 5.74) is 1.65. The van der Waals surface area contributed by atoms with Crippen LogP contribution in [0.3, 0.4) is 0 Å². The fourth-order valence-electron chi connectivity index (χ4n) is 3.72. The smallest absolute Gasteiger partial charge is 0.240 e. The van der Waals surface area contributed by atoms with E-state index in [1.165, 1.54) is 12.1 Å². The lowest BCUT2D eigenvalue weighted by Crippen LogP contribution is -2.34. The molecule has 1 N–H and O–H groups in total. The van der Waals surface area contributed by atoms with Gasteiger partial charge < -0.3 is 19.3 Å². The van der Waals surface area contributed by atoms with Gasteiger partial charge in [-0.1, -0.05) is 6.07 Å². The summed E-state index contributed by atoms with van der Waals surface area (Å²) in [6.45, 7) is 1.06. The quantitative estimate of drug-likeness (QED) is 0.723. The minimum atomic E-state index is -3.70. The fraction of sp³-hybridized carbons (Fsp3) is 0.381. The van der Waals surface area contributed by atoms with Crippen LogP contribution in [0, 0.1) is 0 Å². The maximum atomic E-state index is 12.8. The number of nitrogens with zero attached hydrogens (tertiary/aromatic N) is 2. The number of hydrogen-bond acceptors (Lipinski definition) is 6. The number of nitrogens with one attached hydrogen (secondary N) is 1. The van der Waals surface area contributed by atoms with Crippen LogP contribution in [-0.2, 0) is 14.8 Å². The van der Waals surface area contributed by atoms with Crippen LogP contribution in [0.2, 0.25) is 0 Å². The van der Waals surface area contributed by atoms with Crippen molar-refractivity contribution in [1.29, 1.82) is 0 Å². The van der Waals surface area contributed by atoms with Crippen LogP contribution in [-0.4, -0.2) is 53.2 Å². The highest BCUT2D eigenvalue weighted by Gasteiger charge is 2.24. The largest absolute Gasteiger partial charge is 0.454 e. The molecule has 2 aromatic carbocycles. The second-order valence-corrected chi connectivity index (χ2v) is 9.35. The molecule has 2 aliphatic rings. The molecule has 0 saturated carbocycles. The van der Waals surface area contributed by atoms with E-state index in [9.17, 15) is 13.2 Å². The number of amides is 1. The van der Waals surface area contributed by atoms with Crippen LogP contribution >= 0.6 is 0 Å². The number of carbonyl (C=O) groups is 1. The first-order valence-corrected chi connectivity index (χ1v) is 11.3. The standard InChI is InChI=1S/C21H25N3O5S/c1-23(2)18(15-5-10-19-20(12-15)29-14-28-19)13-22-30(26,27)17-8-6-16(7-9-17)24-11-3-4-21(24)25/h5-10,12,18,22H,3-4,11,13-14H2,1-2H3/t18-/m0/s1. The molecule has 160 valence electrons. The zero-order valence-corrected chi connectivity index (χ0v) is 17.8. The van der Waals surface area contributed by atoms with Crippen LogP contribution in [0.5, 0.6) is 11.5 Å². The molecule has 1 atom stereocenters. The SMILES string of the molecule is CN(C)[C@@H](CNS(=O)(=O)c1ccc(N2CCCC2=O)cc1)c1ccc2c(c1)OCO2. The Kier molecular flexibility index (Phi) is 5.68. The van der Waals surface area contributed by atoms with Gasteiger partial charge in [0.2, 0.25) is 22.7 Å². The van der Waals surface area contributed by atoms with Gasteiger partial charge >= 0.3 is 0 Å². The first-order chi connectivity index (χ1) is 14.3. The predicted octanol–water partition coefficient (Wildman–Crippen LogP) is 2.12. The summed E-state index contributed by atoms with van der Waals surface area (Å²) in [5, 5.41) is 0. The molecule has 2 aliphatic heterocycles. The highest BCUT2D eigenvalue weighted by Crippen LogP contribution is 2.35. The lowest BCUT2D eigenvalue weighted by molar-refractivity contribution is -0.117. The van der Waals surface area contributed by atoms with Gasteiger partial charge in [-0.15, -0.1) is 0 Å². The number of fused-ring (bicyclic) bond motifs is 1. The van der Waals surface area contributed by atoms with Crippen LogP contribution in [0.15, 0.2) is 47.4 Å². The molecule has 0 unspecified atom stereocenters. The third-order valence-corrected chi connectivity index (χ3v) is 6.84. The summed E-state index contributed by atoms with van der Waals surface area (Å²) in [6.07, 6.45) is 1.36. The first kappa shape index (κ1) is 20.6. The van der Waals surface area contributed by atoms with Crippen LogP contribution in [0.1, 0.15) is 24.4 Å². The Morgan fingerprint density at radius 3 is 2.50 bits per heavy atom. The normalized spacial score (nSPS) is 17.0. The zero-order chi connectivity index (χ0) is 21.3. The molecule has 0 aromatic heterocycles. The summed E-state index contributed by atoms with van der Waals surface area (Å²) in [6, 6.07) is 11.9. The zero-order valence-electron chi connectivity index (χ0n) is 17.0. The molecule has 2 aromatic rings. The Morgan fingerprint density at radius 2 is 1.83 bits per heavy atom. The van der Waals surface area contributed by atoms with Gasteiger partial charge in [0.25, 0.3) is 0 Å². The van der Waals surface area contributed by atoms with E-state index >= 15 is 0 Å². The summed E-state index contributed by atoms with van der Waals surface area (Å²) >= 11 is 0. The third-order valence-electron chi connectivity index (χ3n) is 5.40. The summed E-state index contributed by atoms with van der Waals surface area (Å²) in [7, 11) is 0.0903. The monoisotopic (exact) mass is 431 g/mol. The topological polar surface area (TPSA) is 88.2 Å². The number of hydrogen-bond donors (Lipinski definition) is 1. The van der Waals surface area contributed by atoms with Crippen molar-refractivity contribution in [3.63, 3.8) is 0 Å².